The van der Waals surface area contributed by atoms with Crippen LogP contribution in [0.3, 0.4) is 0 Å². The van der Waals surface area contributed by atoms with Gasteiger partial charge >= 0.3 is 0 Å². The number of hydrogen-bond acceptors (Lipinski definition) is 2. The highest BCUT2D eigenvalue weighted by atomic mass is 15.1. The van der Waals surface area contributed by atoms with E-state index < -0.39 is 0 Å². The molecule has 0 N–H and O–H groups in total. The van der Waals surface area contributed by atoms with Gasteiger partial charge in [0.2, 0.25) is 0 Å². The maximum absolute atomic E-state index is 4.96. The molecule has 4 aromatic heterocycles. The maximum atomic E-state index is 4.96. The molecule has 47 heavy (non-hydrogen) atoms. The van der Waals surface area contributed by atoms with E-state index in [-0.39, 0.29) is 0 Å². The lowest BCUT2D eigenvalue weighted by atomic mass is 9.97. The van der Waals surface area contributed by atoms with Crippen molar-refractivity contribution in [2.24, 2.45) is 0 Å². The van der Waals surface area contributed by atoms with Gasteiger partial charge in [-0.2, -0.15) is 0 Å². The first kappa shape index (κ1) is 26.0. The van der Waals surface area contributed by atoms with E-state index in [0.29, 0.717) is 0 Å². The minimum absolute atomic E-state index is 0.924. The Bertz CT molecular complexity index is 2860. The lowest BCUT2D eigenvalue weighted by molar-refractivity contribution is 1.07. The highest BCUT2D eigenvalue weighted by molar-refractivity contribution is 6.19. The van der Waals surface area contributed by atoms with Gasteiger partial charge in [-0.1, -0.05) is 84.9 Å². The third-order valence-corrected chi connectivity index (χ3v) is 9.65. The number of nitrogens with zero attached hydrogens (tertiary/aromatic N) is 4. The van der Waals surface area contributed by atoms with Gasteiger partial charge in [-0.05, 0) is 83.6 Å². The van der Waals surface area contributed by atoms with Crippen LogP contribution in [0.5, 0.6) is 0 Å². The fourth-order valence-electron chi connectivity index (χ4n) is 7.54. The van der Waals surface area contributed by atoms with Crippen molar-refractivity contribution < 1.29 is 0 Å². The summed E-state index contributed by atoms with van der Waals surface area (Å²) >= 11 is 0. The van der Waals surface area contributed by atoms with Gasteiger partial charge in [-0.25, -0.2) is 4.98 Å². The molecule has 0 atom stereocenters. The van der Waals surface area contributed by atoms with Crippen molar-refractivity contribution >= 4 is 65.3 Å². The molecule has 10 aromatic rings. The molecule has 0 saturated heterocycles. The smallest absolute Gasteiger partial charge is 0.137 e. The van der Waals surface area contributed by atoms with Gasteiger partial charge in [0, 0.05) is 50.4 Å². The third-order valence-electron chi connectivity index (χ3n) is 9.65. The number of rotatable bonds is 3. The lowest BCUT2D eigenvalue weighted by Crippen LogP contribution is -1.99. The standard InChI is InChI=1S/C43H28N4/c1-27-19-21-44-42(23-27)47-39-14-8-5-11-32(39)34-18-16-30(25-40(34)47)46-38-13-7-6-12-33(38)37-24-29-15-17-35-31(28-9-3-2-4-10-28)20-22-45-43(35)36(29)26-41(37)46/h2-26H,1H3. The van der Waals surface area contributed by atoms with Crippen LogP contribution >= 0.6 is 0 Å². The predicted octanol–water partition coefficient (Wildman–Crippen LogP) is 11.0. The molecular formula is C43H28N4. The fourth-order valence-corrected chi connectivity index (χ4v) is 7.54. The zero-order valence-electron chi connectivity index (χ0n) is 25.7. The van der Waals surface area contributed by atoms with Crippen molar-refractivity contribution in [2.75, 3.05) is 0 Å². The van der Waals surface area contributed by atoms with Crippen molar-refractivity contribution in [3.63, 3.8) is 0 Å². The molecule has 220 valence electrons. The average Bonchev–Trinajstić information content (AvgIpc) is 3.62. The minimum atomic E-state index is 0.924. The summed E-state index contributed by atoms with van der Waals surface area (Å²) in [6, 6.07) is 50.3. The summed E-state index contributed by atoms with van der Waals surface area (Å²) in [4.78, 5) is 9.77. The Morgan fingerprint density at radius 1 is 0.447 bits per heavy atom. The molecule has 4 heteroatoms. The van der Waals surface area contributed by atoms with Crippen molar-refractivity contribution in [1.29, 1.82) is 0 Å². The highest BCUT2D eigenvalue weighted by Gasteiger charge is 2.18. The third kappa shape index (κ3) is 3.82. The maximum Gasteiger partial charge on any atom is 0.137 e. The fraction of sp³-hybridized carbons (Fsp3) is 0.0233. The number of aryl methyl sites for hydroxylation is 1. The van der Waals surface area contributed by atoms with Gasteiger partial charge in [-0.15, -0.1) is 0 Å². The number of pyridine rings is 2. The molecule has 0 radical (unpaired) electrons. The van der Waals surface area contributed by atoms with Crippen LogP contribution in [0.2, 0.25) is 0 Å². The summed E-state index contributed by atoms with van der Waals surface area (Å²) in [5, 5.41) is 8.39. The van der Waals surface area contributed by atoms with Crippen molar-refractivity contribution in [2.45, 2.75) is 6.92 Å². The molecule has 10 rings (SSSR count). The topological polar surface area (TPSA) is 35.6 Å². The van der Waals surface area contributed by atoms with Crippen molar-refractivity contribution in [1.82, 2.24) is 19.1 Å². The van der Waals surface area contributed by atoms with Crippen LogP contribution in [0, 0.1) is 6.92 Å². The van der Waals surface area contributed by atoms with E-state index in [9.17, 15) is 0 Å². The molecule has 0 aliphatic carbocycles. The molecule has 0 spiro atoms. The van der Waals surface area contributed by atoms with Gasteiger partial charge < -0.3 is 4.57 Å². The van der Waals surface area contributed by atoms with Crippen LogP contribution in [0.4, 0.5) is 0 Å². The monoisotopic (exact) mass is 600 g/mol. The van der Waals surface area contributed by atoms with Gasteiger partial charge in [0.15, 0.2) is 0 Å². The Balaban J connectivity index is 1.29. The zero-order valence-corrected chi connectivity index (χ0v) is 25.7. The largest absolute Gasteiger partial charge is 0.309 e. The summed E-state index contributed by atoms with van der Waals surface area (Å²) in [6.07, 6.45) is 3.84. The van der Waals surface area contributed by atoms with Crippen molar-refractivity contribution in [3.8, 4) is 22.6 Å². The summed E-state index contributed by atoms with van der Waals surface area (Å²) in [5.74, 6) is 0.924. The molecule has 0 saturated carbocycles. The first-order valence-electron chi connectivity index (χ1n) is 16.0. The molecule has 0 amide bonds. The van der Waals surface area contributed by atoms with E-state index in [4.69, 9.17) is 9.97 Å². The molecule has 0 aliphatic heterocycles. The van der Waals surface area contributed by atoms with Crippen LogP contribution in [0.25, 0.3) is 87.9 Å². The van der Waals surface area contributed by atoms with Gasteiger partial charge in [0.05, 0.1) is 27.6 Å². The predicted molar refractivity (Wildman–Crippen MR) is 196 cm³/mol. The molecule has 0 fully saturated rings. The first-order valence-corrected chi connectivity index (χ1v) is 16.0. The summed E-state index contributed by atoms with van der Waals surface area (Å²) in [7, 11) is 0. The molecule has 0 aliphatic rings. The van der Waals surface area contributed by atoms with Crippen LogP contribution in [0.15, 0.2) is 152 Å². The number of para-hydroxylation sites is 2. The van der Waals surface area contributed by atoms with Crippen LogP contribution in [-0.4, -0.2) is 19.1 Å². The van der Waals surface area contributed by atoms with Crippen LogP contribution in [0.1, 0.15) is 5.56 Å². The first-order chi connectivity index (χ1) is 23.2. The molecule has 0 unspecified atom stereocenters. The molecule has 4 heterocycles. The molecule has 4 nitrogen and oxygen atoms in total. The molecule has 0 bridgehead atoms. The van der Waals surface area contributed by atoms with E-state index >= 15 is 0 Å². The number of aromatic nitrogens is 4. The zero-order chi connectivity index (χ0) is 31.1. The van der Waals surface area contributed by atoms with Gasteiger partial charge in [-0.3, -0.25) is 9.55 Å². The summed E-state index contributed by atoms with van der Waals surface area (Å²) in [6.45, 7) is 2.12. The lowest BCUT2D eigenvalue weighted by Gasteiger charge is -2.12. The Hall–Kier alpha value is -6.26. The summed E-state index contributed by atoms with van der Waals surface area (Å²) < 4.78 is 4.71. The van der Waals surface area contributed by atoms with E-state index in [1.165, 1.54) is 49.1 Å². The van der Waals surface area contributed by atoms with E-state index in [1.807, 2.05) is 18.5 Å². The Kier molecular flexibility index (Phi) is 5.46. The second-order valence-corrected chi connectivity index (χ2v) is 12.4. The number of benzene rings is 6. The van der Waals surface area contributed by atoms with Crippen LogP contribution in [-0.2, 0) is 0 Å². The second kappa shape index (κ2) is 9.87. The Morgan fingerprint density at radius 3 is 1.96 bits per heavy atom. The SMILES string of the molecule is Cc1ccnc(-n2c3ccccc3c3ccc(-n4c5ccccc5c5cc6ccc7c(-c8ccccc8)ccnc7c6cc54)cc32)c1. The second-order valence-electron chi connectivity index (χ2n) is 12.4. The molecular weight excluding hydrogens is 573 g/mol. The van der Waals surface area contributed by atoms with Crippen molar-refractivity contribution in [3.05, 3.63) is 157 Å². The molecule has 6 aromatic carbocycles. The van der Waals surface area contributed by atoms with Gasteiger partial charge in [0.1, 0.15) is 5.82 Å². The van der Waals surface area contributed by atoms with E-state index in [2.05, 4.69) is 150 Å². The summed E-state index contributed by atoms with van der Waals surface area (Å²) in [5.41, 5.74) is 10.3. The van der Waals surface area contributed by atoms with Crippen LogP contribution < -0.4 is 0 Å². The van der Waals surface area contributed by atoms with E-state index in [0.717, 1.165) is 44.3 Å². The quantitative estimate of drug-likeness (QED) is 0.189. The number of hydrogen-bond donors (Lipinski definition) is 0. The Morgan fingerprint density at radius 2 is 1.13 bits per heavy atom. The average molecular weight is 601 g/mol. The van der Waals surface area contributed by atoms with Gasteiger partial charge in [0.25, 0.3) is 0 Å². The normalized spacial score (nSPS) is 11.9. The number of fused-ring (bicyclic) bond motifs is 9. The minimum Gasteiger partial charge on any atom is -0.309 e. The highest BCUT2D eigenvalue weighted by Crippen LogP contribution is 2.40. The Labute approximate surface area is 270 Å². The van der Waals surface area contributed by atoms with E-state index in [1.54, 1.807) is 0 Å².